The summed E-state index contributed by atoms with van der Waals surface area (Å²) in [5.74, 6) is 0.340. The summed E-state index contributed by atoms with van der Waals surface area (Å²) in [6, 6.07) is 15.4. The fourth-order valence-electron chi connectivity index (χ4n) is 2.67. The van der Waals surface area contributed by atoms with Gasteiger partial charge < -0.3 is 4.57 Å². The Bertz CT molecular complexity index is 995. The van der Waals surface area contributed by atoms with Crippen LogP contribution in [0, 0.1) is 0 Å². The van der Waals surface area contributed by atoms with Crippen LogP contribution in [0.4, 0.5) is 5.95 Å². The highest BCUT2D eigenvalue weighted by Gasteiger charge is 2.15. The second-order valence-corrected chi connectivity index (χ2v) is 6.31. The Morgan fingerprint density at radius 2 is 1.96 bits per heavy atom. The molecule has 25 heavy (non-hydrogen) atoms. The molecule has 7 heteroatoms. The molecule has 6 nitrogen and oxygen atoms in total. The molecule has 0 aliphatic heterocycles. The molecule has 3 aromatic heterocycles. The first-order valence-electron chi connectivity index (χ1n) is 7.88. The van der Waals surface area contributed by atoms with Crippen molar-refractivity contribution in [2.45, 2.75) is 13.0 Å². The molecule has 1 aromatic carbocycles. The Kier molecular flexibility index (Phi) is 4.22. The van der Waals surface area contributed by atoms with Crippen molar-refractivity contribution >= 4 is 34.4 Å². The van der Waals surface area contributed by atoms with Crippen LogP contribution in [0.5, 0.6) is 0 Å². The van der Waals surface area contributed by atoms with Crippen LogP contribution in [-0.4, -0.2) is 24.8 Å². The van der Waals surface area contributed by atoms with Gasteiger partial charge in [0.15, 0.2) is 0 Å². The lowest BCUT2D eigenvalue weighted by atomic mass is 10.2. The third-order valence-corrected chi connectivity index (χ3v) is 4.60. The molecule has 0 radical (unpaired) electrons. The number of fused-ring (bicyclic) bond motifs is 1. The number of carbonyl (C=O) groups is 1. The molecule has 124 valence electrons. The first-order chi connectivity index (χ1) is 12.3. The van der Waals surface area contributed by atoms with Crippen molar-refractivity contribution in [3.05, 3.63) is 71.5 Å². The average Bonchev–Trinajstić information content (AvgIpc) is 3.29. The van der Waals surface area contributed by atoms with Crippen molar-refractivity contribution in [3.63, 3.8) is 0 Å². The molecule has 0 saturated carbocycles. The number of aromatic nitrogens is 4. The lowest BCUT2D eigenvalue weighted by Crippen LogP contribution is -2.15. The lowest BCUT2D eigenvalue weighted by molar-refractivity contribution is 0.102. The molecule has 0 fully saturated rings. The highest BCUT2D eigenvalue weighted by molar-refractivity contribution is 7.08. The summed E-state index contributed by atoms with van der Waals surface area (Å²) in [6.45, 7) is 0.676. The van der Waals surface area contributed by atoms with Crippen LogP contribution in [0.25, 0.3) is 11.0 Å². The van der Waals surface area contributed by atoms with E-state index in [1.165, 1.54) is 0 Å². The lowest BCUT2D eigenvalue weighted by Gasteiger charge is -2.09. The van der Waals surface area contributed by atoms with Crippen LogP contribution in [0.3, 0.4) is 0 Å². The molecular formula is C18H15N5OS. The van der Waals surface area contributed by atoms with Gasteiger partial charge in [0.05, 0.1) is 11.0 Å². The summed E-state index contributed by atoms with van der Waals surface area (Å²) < 4.78 is 5.99. The number of para-hydroxylation sites is 2. The van der Waals surface area contributed by atoms with Gasteiger partial charge in [0.2, 0.25) is 5.95 Å². The van der Waals surface area contributed by atoms with Crippen LogP contribution in [-0.2, 0) is 13.0 Å². The number of nitrogens with zero attached hydrogens (tertiary/aromatic N) is 4. The minimum Gasteiger partial charge on any atom is -0.310 e. The minimum atomic E-state index is -0.197. The topological polar surface area (TPSA) is 72.7 Å². The molecule has 0 aliphatic carbocycles. The summed E-state index contributed by atoms with van der Waals surface area (Å²) in [7, 11) is 0. The molecule has 0 atom stereocenters. The normalized spacial score (nSPS) is 10.9. The number of carbonyl (C=O) groups excluding carboxylic acids is 1. The summed E-state index contributed by atoms with van der Waals surface area (Å²) in [4.78, 5) is 21.9. The molecule has 3 heterocycles. The molecule has 1 N–H and O–H groups in total. The summed E-state index contributed by atoms with van der Waals surface area (Å²) in [5, 5.41) is 2.90. The minimum absolute atomic E-state index is 0.197. The molecular weight excluding hydrogens is 334 g/mol. The Balaban J connectivity index is 1.64. The van der Waals surface area contributed by atoms with Crippen molar-refractivity contribution in [1.82, 2.24) is 18.9 Å². The fourth-order valence-corrected chi connectivity index (χ4v) is 3.16. The van der Waals surface area contributed by atoms with Gasteiger partial charge in [-0.2, -0.15) is 0 Å². The number of anilines is 1. The second-order valence-electron chi connectivity index (χ2n) is 5.48. The van der Waals surface area contributed by atoms with E-state index in [0.29, 0.717) is 17.4 Å². The quantitative estimate of drug-likeness (QED) is 0.599. The van der Waals surface area contributed by atoms with Crippen LogP contribution >= 0.6 is 11.5 Å². The molecule has 4 aromatic rings. The number of benzene rings is 1. The Morgan fingerprint density at radius 1 is 1.08 bits per heavy atom. The highest BCUT2D eigenvalue weighted by atomic mass is 32.1. The third kappa shape index (κ3) is 3.27. The number of pyridine rings is 1. The zero-order valence-electron chi connectivity index (χ0n) is 13.3. The van der Waals surface area contributed by atoms with Gasteiger partial charge in [0, 0.05) is 31.1 Å². The molecule has 0 saturated heterocycles. The van der Waals surface area contributed by atoms with E-state index in [2.05, 4.69) is 19.7 Å². The monoisotopic (exact) mass is 349 g/mol. The van der Waals surface area contributed by atoms with Crippen LogP contribution < -0.4 is 5.32 Å². The first-order valence-corrected chi connectivity index (χ1v) is 8.66. The second kappa shape index (κ2) is 6.82. The molecule has 0 bridgehead atoms. The summed E-state index contributed by atoms with van der Waals surface area (Å²) in [5.41, 5.74) is 2.83. The fraction of sp³-hybridized carbons (Fsp3) is 0.111. The number of amides is 1. The van der Waals surface area contributed by atoms with E-state index in [-0.39, 0.29) is 5.91 Å². The van der Waals surface area contributed by atoms with E-state index in [1.807, 2.05) is 47.0 Å². The van der Waals surface area contributed by atoms with Gasteiger partial charge in [-0.25, -0.2) is 9.36 Å². The number of hydrogen-bond donors (Lipinski definition) is 1. The zero-order chi connectivity index (χ0) is 17.1. The molecule has 0 spiro atoms. The average molecular weight is 349 g/mol. The van der Waals surface area contributed by atoms with E-state index in [4.69, 9.17) is 0 Å². The highest BCUT2D eigenvalue weighted by Crippen LogP contribution is 2.21. The van der Waals surface area contributed by atoms with E-state index >= 15 is 0 Å². The zero-order valence-corrected chi connectivity index (χ0v) is 14.1. The summed E-state index contributed by atoms with van der Waals surface area (Å²) >= 11 is 1.16. The Hall–Kier alpha value is -3.06. The predicted molar refractivity (Wildman–Crippen MR) is 97.7 cm³/mol. The SMILES string of the molecule is O=C(Nc1nc2ccccc2n1CCc1ccccn1)c1ccns1. The predicted octanol–water partition coefficient (Wildman–Crippen LogP) is 3.38. The Labute approximate surface area is 148 Å². The molecule has 0 unspecified atom stereocenters. The van der Waals surface area contributed by atoms with E-state index in [9.17, 15) is 4.79 Å². The summed E-state index contributed by atoms with van der Waals surface area (Å²) in [6.07, 6.45) is 4.15. The van der Waals surface area contributed by atoms with Crippen molar-refractivity contribution < 1.29 is 4.79 Å². The number of imidazole rings is 1. The maximum absolute atomic E-state index is 12.4. The first kappa shape index (κ1) is 15.5. The van der Waals surface area contributed by atoms with E-state index in [0.717, 1.165) is 34.7 Å². The number of rotatable bonds is 5. The molecule has 4 rings (SSSR count). The van der Waals surface area contributed by atoms with Gasteiger partial charge in [0.25, 0.3) is 5.91 Å². The van der Waals surface area contributed by atoms with E-state index in [1.54, 1.807) is 18.5 Å². The number of aryl methyl sites for hydroxylation is 2. The van der Waals surface area contributed by atoms with Crippen LogP contribution in [0.1, 0.15) is 15.4 Å². The third-order valence-electron chi connectivity index (χ3n) is 3.86. The van der Waals surface area contributed by atoms with Gasteiger partial charge in [-0.15, -0.1) is 0 Å². The van der Waals surface area contributed by atoms with Crippen LogP contribution in [0.2, 0.25) is 0 Å². The Morgan fingerprint density at radius 3 is 2.76 bits per heavy atom. The van der Waals surface area contributed by atoms with Gasteiger partial charge in [-0.3, -0.25) is 15.1 Å². The van der Waals surface area contributed by atoms with Gasteiger partial charge >= 0.3 is 0 Å². The van der Waals surface area contributed by atoms with Crippen molar-refractivity contribution in [3.8, 4) is 0 Å². The number of hydrogen-bond acceptors (Lipinski definition) is 5. The van der Waals surface area contributed by atoms with Gasteiger partial charge in [0.1, 0.15) is 4.88 Å². The molecule has 0 aliphatic rings. The molecule has 1 amide bonds. The maximum Gasteiger partial charge on any atom is 0.269 e. The maximum atomic E-state index is 12.4. The smallest absolute Gasteiger partial charge is 0.269 e. The van der Waals surface area contributed by atoms with Crippen molar-refractivity contribution in [2.24, 2.45) is 0 Å². The van der Waals surface area contributed by atoms with Crippen LogP contribution in [0.15, 0.2) is 60.9 Å². The largest absolute Gasteiger partial charge is 0.310 e. The van der Waals surface area contributed by atoms with Gasteiger partial charge in [-0.05, 0) is 41.9 Å². The van der Waals surface area contributed by atoms with E-state index < -0.39 is 0 Å². The van der Waals surface area contributed by atoms with Crippen molar-refractivity contribution in [1.29, 1.82) is 0 Å². The number of nitrogens with one attached hydrogen (secondary N) is 1. The standard InChI is InChI=1S/C18H15N5OS/c24-17(16-8-11-20-25-16)22-18-21-14-6-1-2-7-15(14)23(18)12-9-13-5-3-4-10-19-13/h1-8,10-11H,9,12H2,(H,21,22,24). The van der Waals surface area contributed by atoms with Gasteiger partial charge in [-0.1, -0.05) is 18.2 Å². The van der Waals surface area contributed by atoms with Crippen molar-refractivity contribution in [2.75, 3.05) is 5.32 Å².